The fourth-order valence-corrected chi connectivity index (χ4v) is 2.60. The van der Waals surface area contributed by atoms with Crippen LogP contribution in [0.2, 0.25) is 0 Å². The fraction of sp³-hybridized carbons (Fsp3) is 0.438. The molecule has 2 aromatic rings. The molecular formula is C16H21BrN2O. The summed E-state index contributed by atoms with van der Waals surface area (Å²) in [6.45, 7) is 9.86. The summed E-state index contributed by atoms with van der Waals surface area (Å²) in [5.74, 6) is 0.956. The predicted molar refractivity (Wildman–Crippen MR) is 85.4 cm³/mol. The molecule has 108 valence electrons. The van der Waals surface area contributed by atoms with Gasteiger partial charge in [0.25, 0.3) is 0 Å². The summed E-state index contributed by atoms with van der Waals surface area (Å²) in [6, 6.07) is 6.31. The predicted octanol–water partition coefficient (Wildman–Crippen LogP) is 4.35. The molecule has 3 nitrogen and oxygen atoms in total. The van der Waals surface area contributed by atoms with Crippen LogP contribution in [-0.4, -0.2) is 16.4 Å². The van der Waals surface area contributed by atoms with Gasteiger partial charge in [0.05, 0.1) is 16.8 Å². The van der Waals surface area contributed by atoms with E-state index in [1.807, 2.05) is 11.6 Å². The van der Waals surface area contributed by atoms with E-state index in [0.717, 1.165) is 28.9 Å². The van der Waals surface area contributed by atoms with Gasteiger partial charge in [-0.1, -0.05) is 6.07 Å². The Morgan fingerprint density at radius 3 is 2.30 bits per heavy atom. The van der Waals surface area contributed by atoms with Crippen molar-refractivity contribution >= 4 is 15.9 Å². The van der Waals surface area contributed by atoms with Crippen molar-refractivity contribution < 1.29 is 4.74 Å². The maximum Gasteiger partial charge on any atom is 0.119 e. The second-order valence-electron chi connectivity index (χ2n) is 5.23. The molecule has 4 heteroatoms. The Kier molecular flexibility index (Phi) is 4.86. The van der Waals surface area contributed by atoms with E-state index in [-0.39, 0.29) is 0 Å². The van der Waals surface area contributed by atoms with Gasteiger partial charge in [-0.15, -0.1) is 0 Å². The molecule has 0 saturated heterocycles. The van der Waals surface area contributed by atoms with E-state index in [9.17, 15) is 0 Å². The molecule has 0 saturated carbocycles. The van der Waals surface area contributed by atoms with Crippen LogP contribution < -0.4 is 4.74 Å². The van der Waals surface area contributed by atoms with Crippen LogP contribution in [0.5, 0.6) is 5.75 Å². The van der Waals surface area contributed by atoms with Crippen LogP contribution in [0.3, 0.4) is 0 Å². The number of aromatic nitrogens is 2. The molecule has 0 unspecified atom stereocenters. The average molecular weight is 337 g/mol. The first-order valence-electron chi connectivity index (χ1n) is 6.88. The van der Waals surface area contributed by atoms with Crippen LogP contribution in [0.15, 0.2) is 22.7 Å². The second-order valence-corrected chi connectivity index (χ2v) is 6.03. The topological polar surface area (TPSA) is 27.1 Å². The molecule has 1 heterocycles. The lowest BCUT2D eigenvalue weighted by molar-refractivity contribution is 0.297. The molecule has 2 rings (SSSR count). The minimum atomic E-state index is 0.707. The van der Waals surface area contributed by atoms with Gasteiger partial charge < -0.3 is 4.74 Å². The number of nitrogens with zero attached hydrogens (tertiary/aromatic N) is 2. The molecule has 0 amide bonds. The van der Waals surface area contributed by atoms with Crippen LogP contribution in [-0.2, 0) is 6.54 Å². The van der Waals surface area contributed by atoms with Crippen molar-refractivity contribution in [3.05, 3.63) is 45.2 Å². The monoisotopic (exact) mass is 336 g/mol. The Morgan fingerprint density at radius 1 is 1.10 bits per heavy atom. The number of hydrogen-bond donors (Lipinski definition) is 0. The summed E-state index contributed by atoms with van der Waals surface area (Å²) in [5.41, 5.74) is 4.69. The molecule has 1 aromatic carbocycles. The van der Waals surface area contributed by atoms with Gasteiger partial charge in [-0.3, -0.25) is 4.68 Å². The molecule has 20 heavy (non-hydrogen) atoms. The molecule has 0 spiro atoms. The smallest absolute Gasteiger partial charge is 0.119 e. The molecule has 0 fully saturated rings. The van der Waals surface area contributed by atoms with Crippen LogP contribution in [0.25, 0.3) is 0 Å². The molecule has 0 radical (unpaired) electrons. The highest BCUT2D eigenvalue weighted by atomic mass is 79.9. The number of aryl methyl sites for hydroxylation is 4. The van der Waals surface area contributed by atoms with Gasteiger partial charge in [0.2, 0.25) is 0 Å². The first-order chi connectivity index (χ1) is 9.47. The van der Waals surface area contributed by atoms with Gasteiger partial charge in [-0.25, -0.2) is 0 Å². The highest BCUT2D eigenvalue weighted by Gasteiger charge is 2.08. The van der Waals surface area contributed by atoms with Crippen molar-refractivity contribution in [2.45, 2.75) is 40.7 Å². The normalized spacial score (nSPS) is 10.8. The van der Waals surface area contributed by atoms with Crippen molar-refractivity contribution in [2.75, 3.05) is 6.61 Å². The lowest BCUT2D eigenvalue weighted by Crippen LogP contribution is -2.07. The quantitative estimate of drug-likeness (QED) is 0.759. The van der Waals surface area contributed by atoms with Gasteiger partial charge in [-0.2, -0.15) is 5.10 Å². The maximum absolute atomic E-state index is 5.81. The fourth-order valence-electron chi connectivity index (χ4n) is 2.31. The number of rotatable bonds is 5. The Hall–Kier alpha value is -1.29. The molecular weight excluding hydrogens is 316 g/mol. The Balaban J connectivity index is 1.86. The highest BCUT2D eigenvalue weighted by molar-refractivity contribution is 9.10. The van der Waals surface area contributed by atoms with Crippen LogP contribution in [0, 0.1) is 27.7 Å². The van der Waals surface area contributed by atoms with Crippen molar-refractivity contribution in [1.29, 1.82) is 0 Å². The summed E-state index contributed by atoms with van der Waals surface area (Å²) < 4.78 is 8.95. The third-order valence-electron chi connectivity index (χ3n) is 3.27. The third kappa shape index (κ3) is 3.63. The van der Waals surface area contributed by atoms with Crippen LogP contribution in [0.4, 0.5) is 0 Å². The van der Waals surface area contributed by atoms with Gasteiger partial charge in [0.15, 0.2) is 0 Å². The van der Waals surface area contributed by atoms with E-state index >= 15 is 0 Å². The molecule has 0 atom stereocenters. The summed E-state index contributed by atoms with van der Waals surface area (Å²) in [6.07, 6.45) is 0.946. The van der Waals surface area contributed by atoms with Crippen molar-refractivity contribution in [3.63, 3.8) is 0 Å². The molecule has 0 aliphatic rings. The number of ether oxygens (including phenoxy) is 1. The zero-order valence-corrected chi connectivity index (χ0v) is 14.1. The van der Waals surface area contributed by atoms with Gasteiger partial charge in [0.1, 0.15) is 5.75 Å². The van der Waals surface area contributed by atoms with Gasteiger partial charge in [-0.05, 0) is 66.9 Å². The molecule has 0 aliphatic heterocycles. The summed E-state index contributed by atoms with van der Waals surface area (Å²) in [7, 11) is 0. The number of halogens is 1. The lowest BCUT2D eigenvalue weighted by atomic mass is 10.1. The van der Waals surface area contributed by atoms with Gasteiger partial charge >= 0.3 is 0 Å². The average Bonchev–Trinajstić information content (AvgIpc) is 2.61. The summed E-state index contributed by atoms with van der Waals surface area (Å²) in [4.78, 5) is 0. The van der Waals surface area contributed by atoms with Crippen LogP contribution >= 0.6 is 15.9 Å². The zero-order valence-electron chi connectivity index (χ0n) is 12.5. The Labute approximate surface area is 129 Å². The summed E-state index contributed by atoms with van der Waals surface area (Å²) in [5, 5.41) is 4.50. The molecule has 1 aromatic heterocycles. The largest absolute Gasteiger partial charge is 0.494 e. The Morgan fingerprint density at radius 2 is 1.75 bits per heavy atom. The lowest BCUT2D eigenvalue weighted by Gasteiger charge is -2.09. The van der Waals surface area contributed by atoms with E-state index in [1.54, 1.807) is 0 Å². The first-order valence-corrected chi connectivity index (χ1v) is 7.67. The molecule has 0 aliphatic carbocycles. The number of hydrogen-bond acceptors (Lipinski definition) is 2. The van der Waals surface area contributed by atoms with E-state index in [0.29, 0.717) is 6.61 Å². The minimum Gasteiger partial charge on any atom is -0.494 e. The highest BCUT2D eigenvalue weighted by Crippen LogP contribution is 2.20. The van der Waals surface area contributed by atoms with E-state index in [2.05, 4.69) is 60.0 Å². The van der Waals surface area contributed by atoms with Gasteiger partial charge in [0, 0.05) is 18.7 Å². The SMILES string of the molecule is Cc1cc(C)cc(OCCCn2nc(C)c(Br)c2C)c1. The second kappa shape index (κ2) is 6.44. The summed E-state index contributed by atoms with van der Waals surface area (Å²) >= 11 is 3.55. The first kappa shape index (κ1) is 15.1. The zero-order chi connectivity index (χ0) is 14.7. The minimum absolute atomic E-state index is 0.707. The van der Waals surface area contributed by atoms with Crippen molar-refractivity contribution in [2.24, 2.45) is 0 Å². The standard InChI is InChI=1S/C16H21BrN2O/c1-11-8-12(2)10-15(9-11)20-7-5-6-19-14(4)16(17)13(3)18-19/h8-10H,5-7H2,1-4H3. The number of benzene rings is 1. The molecule has 0 bridgehead atoms. The van der Waals surface area contributed by atoms with E-state index in [1.165, 1.54) is 16.8 Å². The Bertz CT molecular complexity index is 585. The third-order valence-corrected chi connectivity index (χ3v) is 4.42. The van der Waals surface area contributed by atoms with E-state index in [4.69, 9.17) is 4.74 Å². The van der Waals surface area contributed by atoms with E-state index < -0.39 is 0 Å². The van der Waals surface area contributed by atoms with Crippen LogP contribution in [0.1, 0.15) is 28.9 Å². The van der Waals surface area contributed by atoms with Crippen molar-refractivity contribution in [3.8, 4) is 5.75 Å². The molecule has 0 N–H and O–H groups in total. The van der Waals surface area contributed by atoms with Crippen molar-refractivity contribution in [1.82, 2.24) is 9.78 Å². The maximum atomic E-state index is 5.81.